The van der Waals surface area contributed by atoms with Crippen LogP contribution in [0.4, 0.5) is 5.69 Å². The van der Waals surface area contributed by atoms with Crippen LogP contribution in [0.5, 0.6) is 11.5 Å². The normalized spacial score (nSPS) is 11.3. The second-order valence-corrected chi connectivity index (χ2v) is 9.35. The van der Waals surface area contributed by atoms with Crippen molar-refractivity contribution in [2.24, 2.45) is 10.8 Å². The number of nitro benzene ring substituents is 1. The molecule has 3 aromatic carbocycles. The van der Waals surface area contributed by atoms with E-state index < -0.39 is 23.0 Å². The zero-order valence-electron chi connectivity index (χ0n) is 22.6. The summed E-state index contributed by atoms with van der Waals surface area (Å²) in [7, 11) is 0. The van der Waals surface area contributed by atoms with E-state index in [1.807, 2.05) is 26.0 Å². The molecule has 0 aliphatic carbocycles. The van der Waals surface area contributed by atoms with Crippen LogP contribution in [0.15, 0.2) is 64.5 Å². The van der Waals surface area contributed by atoms with Gasteiger partial charge in [-0.15, -0.1) is 0 Å². The largest absolute Gasteiger partial charge is 0.494 e. The van der Waals surface area contributed by atoms with Crippen molar-refractivity contribution in [3.8, 4) is 22.9 Å². The highest BCUT2D eigenvalue weighted by atomic mass is 16.6. The first-order valence-corrected chi connectivity index (χ1v) is 12.6. The number of carbonyl (C=O) groups is 1. The molecule has 1 aromatic heterocycles. The highest BCUT2D eigenvalue weighted by Crippen LogP contribution is 2.34. The Labute approximate surface area is 230 Å². The number of carbonyl (C=O) groups excluding carboxylic acids is 1. The molecule has 4 rings (SSSR count). The van der Waals surface area contributed by atoms with Crippen molar-refractivity contribution in [2.45, 2.75) is 33.6 Å². The third-order valence-corrected chi connectivity index (χ3v) is 6.15. The molecule has 2 N–H and O–H groups in total. The fraction of sp³-hybridized carbons (Fsp3) is 0.241. The van der Waals surface area contributed by atoms with Crippen LogP contribution >= 0.6 is 0 Å². The monoisotopic (exact) mass is 543 g/mol. The Morgan fingerprint density at radius 2 is 1.90 bits per heavy atom. The van der Waals surface area contributed by atoms with Gasteiger partial charge in [-0.3, -0.25) is 19.7 Å². The van der Waals surface area contributed by atoms with Gasteiger partial charge in [0.2, 0.25) is 0 Å². The maximum atomic E-state index is 13.6. The molecule has 0 aliphatic rings. The molecule has 0 radical (unpaired) electrons. The van der Waals surface area contributed by atoms with Crippen LogP contribution in [0.1, 0.15) is 43.4 Å². The maximum Gasteiger partial charge on any atom is 0.311 e. The summed E-state index contributed by atoms with van der Waals surface area (Å²) in [6.45, 7) is 7.95. The van der Waals surface area contributed by atoms with Crippen LogP contribution in [0.3, 0.4) is 0 Å². The second-order valence-electron chi connectivity index (χ2n) is 9.35. The molecule has 0 unspecified atom stereocenters. The first-order valence-electron chi connectivity index (χ1n) is 12.6. The summed E-state index contributed by atoms with van der Waals surface area (Å²) in [6.07, 6.45) is 1.33. The van der Waals surface area contributed by atoms with E-state index in [2.05, 4.69) is 18.9 Å². The van der Waals surface area contributed by atoms with Gasteiger partial charge in [0.1, 0.15) is 5.75 Å². The summed E-state index contributed by atoms with van der Waals surface area (Å²) in [5.41, 5.74) is 7.66. The van der Waals surface area contributed by atoms with Crippen molar-refractivity contribution in [1.29, 1.82) is 0 Å². The van der Waals surface area contributed by atoms with E-state index in [0.717, 1.165) is 16.9 Å². The van der Waals surface area contributed by atoms with E-state index in [1.165, 1.54) is 29.1 Å². The van der Waals surface area contributed by atoms with Crippen molar-refractivity contribution in [2.75, 3.05) is 13.2 Å². The molecule has 0 saturated carbocycles. The molecule has 0 fully saturated rings. The van der Waals surface area contributed by atoms with Crippen LogP contribution in [0.2, 0.25) is 0 Å². The van der Waals surface area contributed by atoms with Crippen molar-refractivity contribution >= 4 is 28.7 Å². The van der Waals surface area contributed by atoms with Crippen LogP contribution in [0, 0.1) is 17.0 Å². The third-order valence-electron chi connectivity index (χ3n) is 6.15. The molecule has 0 spiro atoms. The second kappa shape index (κ2) is 11.8. The van der Waals surface area contributed by atoms with E-state index in [1.54, 1.807) is 24.3 Å². The summed E-state index contributed by atoms with van der Waals surface area (Å²) >= 11 is 0. The van der Waals surface area contributed by atoms with Gasteiger partial charge >= 0.3 is 5.69 Å². The number of benzene rings is 3. The van der Waals surface area contributed by atoms with Crippen LogP contribution < -0.4 is 20.8 Å². The number of hydrogen-bond donors (Lipinski definition) is 1. The molecule has 0 saturated heterocycles. The molecular weight excluding hydrogens is 514 g/mol. The molecule has 1 amide bonds. The highest BCUT2D eigenvalue weighted by Gasteiger charge is 2.19. The number of para-hydroxylation sites is 1. The van der Waals surface area contributed by atoms with Gasteiger partial charge in [0, 0.05) is 17.2 Å². The van der Waals surface area contributed by atoms with E-state index in [9.17, 15) is 19.7 Å². The minimum atomic E-state index is -0.763. The van der Waals surface area contributed by atoms with Gasteiger partial charge in [-0.05, 0) is 67.3 Å². The maximum absolute atomic E-state index is 13.6. The highest BCUT2D eigenvalue weighted by molar-refractivity contribution is 5.83. The Kier molecular flexibility index (Phi) is 8.23. The molecule has 40 heavy (non-hydrogen) atoms. The van der Waals surface area contributed by atoms with E-state index in [4.69, 9.17) is 20.2 Å². The molecule has 206 valence electrons. The molecule has 0 aliphatic heterocycles. The van der Waals surface area contributed by atoms with Crippen molar-refractivity contribution in [3.63, 3.8) is 0 Å². The average molecular weight is 544 g/mol. The smallest absolute Gasteiger partial charge is 0.311 e. The van der Waals surface area contributed by atoms with Gasteiger partial charge in [-0.25, -0.2) is 4.98 Å². The minimum Gasteiger partial charge on any atom is -0.494 e. The number of aryl methyl sites for hydroxylation is 1. The van der Waals surface area contributed by atoms with E-state index >= 15 is 0 Å². The molecule has 4 aromatic rings. The predicted molar refractivity (Wildman–Crippen MR) is 152 cm³/mol. The molecule has 11 heteroatoms. The zero-order chi connectivity index (χ0) is 29.0. The third kappa shape index (κ3) is 5.83. The number of fused-ring (bicyclic) bond motifs is 1. The number of aromatic nitrogens is 2. The lowest BCUT2D eigenvalue weighted by atomic mass is 9.96. The predicted octanol–water partition coefficient (Wildman–Crippen LogP) is 4.55. The van der Waals surface area contributed by atoms with E-state index in [-0.39, 0.29) is 17.4 Å². The quantitative estimate of drug-likeness (QED) is 0.175. The summed E-state index contributed by atoms with van der Waals surface area (Å²) in [6, 6.07) is 15.0. The number of amides is 1. The van der Waals surface area contributed by atoms with Crippen LogP contribution in [0.25, 0.3) is 22.3 Å². The lowest BCUT2D eigenvalue weighted by Gasteiger charge is -2.18. The fourth-order valence-corrected chi connectivity index (χ4v) is 4.23. The fourth-order valence-electron chi connectivity index (χ4n) is 4.23. The number of ether oxygens (including phenoxy) is 2. The standard InChI is InChI=1S/C29H29N5O6/c1-5-39-26-12-18(4)22(14-21(26)17(2)3)28-32-23-9-7-6-8-20(23)29(36)33(28)31-15-19-10-11-25(40-16-27(30)35)24(13-19)34(37)38/h6-15,17H,5,16H2,1-4H3,(H2,30,35). The van der Waals surface area contributed by atoms with Gasteiger partial charge < -0.3 is 15.2 Å². The minimum absolute atomic E-state index is 0.114. The Bertz CT molecular complexity index is 1690. The average Bonchev–Trinajstić information content (AvgIpc) is 2.91. The number of nitrogens with two attached hydrogens (primary N) is 1. The number of primary amides is 1. The lowest BCUT2D eigenvalue weighted by molar-refractivity contribution is -0.385. The van der Waals surface area contributed by atoms with Gasteiger partial charge in [-0.1, -0.05) is 26.0 Å². The summed E-state index contributed by atoms with van der Waals surface area (Å²) in [4.78, 5) is 40.5. The molecule has 11 nitrogen and oxygen atoms in total. The Morgan fingerprint density at radius 3 is 2.58 bits per heavy atom. The van der Waals surface area contributed by atoms with Crippen molar-refractivity contribution in [3.05, 3.63) is 91.8 Å². The molecule has 0 atom stereocenters. The van der Waals surface area contributed by atoms with Gasteiger partial charge in [0.05, 0.1) is 28.6 Å². The lowest BCUT2D eigenvalue weighted by Crippen LogP contribution is -2.21. The van der Waals surface area contributed by atoms with Crippen molar-refractivity contribution < 1.29 is 19.2 Å². The topological polar surface area (TPSA) is 152 Å². The van der Waals surface area contributed by atoms with Gasteiger partial charge in [-0.2, -0.15) is 9.78 Å². The SMILES string of the molecule is CCOc1cc(C)c(-c2nc3ccccc3c(=O)n2N=Cc2ccc(OCC(N)=O)c([N+](=O)[O-])c2)cc1C(C)C. The summed E-state index contributed by atoms with van der Waals surface area (Å²) < 4.78 is 12.2. The zero-order valence-corrected chi connectivity index (χ0v) is 22.6. The Hall–Kier alpha value is -5.06. The first-order chi connectivity index (χ1) is 19.1. The van der Waals surface area contributed by atoms with Crippen LogP contribution in [-0.2, 0) is 4.79 Å². The first kappa shape index (κ1) is 28.0. The Balaban J connectivity index is 1.89. The molecular formula is C29H29N5O6. The van der Waals surface area contributed by atoms with Crippen molar-refractivity contribution in [1.82, 2.24) is 9.66 Å². The number of nitrogens with zero attached hydrogens (tertiary/aromatic N) is 4. The van der Waals surface area contributed by atoms with Crippen LogP contribution in [-0.4, -0.2) is 39.9 Å². The number of nitro groups is 1. The summed E-state index contributed by atoms with van der Waals surface area (Å²) in [5.74, 6) is 0.348. The number of rotatable bonds is 10. The molecule has 1 heterocycles. The number of hydrogen-bond acceptors (Lipinski definition) is 8. The Morgan fingerprint density at radius 1 is 1.15 bits per heavy atom. The summed E-state index contributed by atoms with van der Waals surface area (Å²) in [5, 5.41) is 16.4. The van der Waals surface area contributed by atoms with Gasteiger partial charge in [0.15, 0.2) is 18.2 Å². The van der Waals surface area contributed by atoms with E-state index in [0.29, 0.717) is 34.5 Å². The van der Waals surface area contributed by atoms with Gasteiger partial charge in [0.25, 0.3) is 11.5 Å². The molecule has 0 bridgehead atoms.